The van der Waals surface area contributed by atoms with Crippen LogP contribution in [0.2, 0.25) is 0 Å². The van der Waals surface area contributed by atoms with Crippen LogP contribution in [0.4, 0.5) is 0 Å². The first kappa shape index (κ1) is 34.2. The van der Waals surface area contributed by atoms with Gasteiger partial charge in [0.1, 0.15) is 0 Å². The summed E-state index contributed by atoms with van der Waals surface area (Å²) in [5.41, 5.74) is 2.48. The van der Waals surface area contributed by atoms with Crippen LogP contribution in [0.1, 0.15) is 151 Å². The van der Waals surface area contributed by atoms with Gasteiger partial charge in [-0.1, -0.05) is 73.8 Å². The summed E-state index contributed by atoms with van der Waals surface area (Å²) in [7, 11) is 0. The molecule has 3 nitrogen and oxygen atoms in total. The minimum atomic E-state index is 0.615. The minimum absolute atomic E-state index is 0.615. The first-order chi connectivity index (χ1) is 20.3. The van der Waals surface area contributed by atoms with Crippen LogP contribution in [0.3, 0.4) is 0 Å². The van der Waals surface area contributed by atoms with Crippen LogP contribution >= 0.6 is 0 Å². The molecule has 4 aliphatic carbocycles. The highest BCUT2D eigenvalue weighted by molar-refractivity contribution is 5.60. The molecule has 0 aromatic carbocycles. The largest absolute Gasteiger partial charge is 0.314 e. The Morgan fingerprint density at radius 1 is 0.833 bits per heavy atom. The van der Waals surface area contributed by atoms with Crippen molar-refractivity contribution in [1.82, 2.24) is 10.6 Å². The Labute approximate surface area is 262 Å². The van der Waals surface area contributed by atoms with Gasteiger partial charge in [0.15, 0.2) is 0 Å². The summed E-state index contributed by atoms with van der Waals surface area (Å²) in [6.45, 7) is 20.2. The first-order valence-corrected chi connectivity index (χ1v) is 19.0. The third-order valence-corrected chi connectivity index (χ3v) is 13.3. The Balaban J connectivity index is 0.00000198. The lowest BCUT2D eigenvalue weighted by Crippen LogP contribution is -2.55. The molecule has 0 radical (unpaired) electrons. The van der Waals surface area contributed by atoms with Gasteiger partial charge in [0.2, 0.25) is 0 Å². The lowest BCUT2D eigenvalue weighted by Gasteiger charge is -2.61. The zero-order valence-corrected chi connectivity index (χ0v) is 29.2. The van der Waals surface area contributed by atoms with Crippen LogP contribution in [-0.2, 0) is 0 Å². The van der Waals surface area contributed by atoms with Gasteiger partial charge >= 0.3 is 0 Å². The Kier molecular flexibility index (Phi) is 13.1. The summed E-state index contributed by atoms with van der Waals surface area (Å²) in [5.74, 6) is 6.80. The summed E-state index contributed by atoms with van der Waals surface area (Å²) in [5, 5.41) is 7.60. The fraction of sp³-hybridized carbons (Fsp3) is 0.923. The quantitative estimate of drug-likeness (QED) is 0.212. The van der Waals surface area contributed by atoms with Crippen molar-refractivity contribution in [3.63, 3.8) is 0 Å². The molecule has 0 aromatic rings. The van der Waals surface area contributed by atoms with E-state index in [-0.39, 0.29) is 0 Å². The predicted octanol–water partition coefficient (Wildman–Crippen LogP) is 10.2. The normalized spacial score (nSPS) is 38.1. The van der Waals surface area contributed by atoms with E-state index in [0.29, 0.717) is 10.8 Å². The molecule has 9 atom stereocenters. The molecule has 42 heavy (non-hydrogen) atoms. The maximum atomic E-state index is 4.49. The molecular formula is C39H71N3. The van der Waals surface area contributed by atoms with Crippen molar-refractivity contribution < 1.29 is 0 Å². The molecule has 0 spiro atoms. The van der Waals surface area contributed by atoms with Crippen molar-refractivity contribution in [3.8, 4) is 0 Å². The van der Waals surface area contributed by atoms with Gasteiger partial charge < -0.3 is 10.6 Å². The van der Waals surface area contributed by atoms with Gasteiger partial charge in [-0.05, 0) is 149 Å². The summed E-state index contributed by atoms with van der Waals surface area (Å²) >= 11 is 0. The highest BCUT2D eigenvalue weighted by atomic mass is 14.9. The van der Waals surface area contributed by atoms with Crippen molar-refractivity contribution in [2.45, 2.75) is 157 Å². The second-order valence-corrected chi connectivity index (χ2v) is 16.1. The van der Waals surface area contributed by atoms with E-state index in [1.807, 2.05) is 13.8 Å². The third-order valence-electron chi connectivity index (χ3n) is 13.3. The Bertz CT molecular complexity index is 862. The number of nitrogens with one attached hydrogen (secondary N) is 2. The predicted molar refractivity (Wildman–Crippen MR) is 184 cm³/mol. The molecule has 1 heterocycles. The van der Waals surface area contributed by atoms with E-state index in [9.17, 15) is 0 Å². The third kappa shape index (κ3) is 7.94. The number of hydrogen-bond donors (Lipinski definition) is 2. The van der Waals surface area contributed by atoms with Crippen molar-refractivity contribution in [2.24, 2.45) is 57.2 Å². The summed E-state index contributed by atoms with van der Waals surface area (Å²) in [4.78, 5) is 4.49. The molecular weight excluding hydrogens is 510 g/mol. The van der Waals surface area contributed by atoms with Crippen LogP contribution < -0.4 is 10.6 Å². The molecule has 2 N–H and O–H groups in total. The van der Waals surface area contributed by atoms with Crippen LogP contribution in [0.15, 0.2) is 16.8 Å². The van der Waals surface area contributed by atoms with Crippen LogP contribution in [0.5, 0.6) is 0 Å². The highest BCUT2D eigenvalue weighted by Crippen LogP contribution is 2.68. The van der Waals surface area contributed by atoms with E-state index in [1.54, 1.807) is 12.8 Å². The summed E-state index contributed by atoms with van der Waals surface area (Å²) < 4.78 is 0. The number of unbranched alkanes of at least 4 members (excludes halogenated alkanes) is 1. The molecule has 0 bridgehead atoms. The molecule has 0 saturated heterocycles. The van der Waals surface area contributed by atoms with Crippen LogP contribution in [0, 0.1) is 52.3 Å². The smallest absolute Gasteiger partial charge is 0.0498 e. The Hall–Kier alpha value is -0.670. The molecule has 0 aromatic heterocycles. The van der Waals surface area contributed by atoms with E-state index >= 15 is 0 Å². The van der Waals surface area contributed by atoms with Gasteiger partial charge in [-0.3, -0.25) is 4.99 Å². The molecule has 0 amide bonds. The van der Waals surface area contributed by atoms with E-state index in [4.69, 9.17) is 0 Å². The molecule has 5 aliphatic rings. The standard InChI is InChI=1S/C37H65N3.C2H6/c1-27(2)11-10-12-28(3)33-16-17-34-32-15-14-29-25-30(18-20-36(29,4)35(32)19-21-37(33,34)5)39-24-9-8-22-38-26-31-13-6-7-23-40-31;1-2/h13,23,27-30,32-35,38-39H,6-12,14-22,24-26H2,1-5H3;1-2H3/t28-,29?,30?,32?,33?,34?,35?,36?,37?;/m1./s1. The Morgan fingerprint density at radius 3 is 2.36 bits per heavy atom. The Morgan fingerprint density at radius 2 is 1.60 bits per heavy atom. The number of aliphatic imine (C=N–C) groups is 1. The minimum Gasteiger partial charge on any atom is -0.314 e. The number of fused-ring (bicyclic) bond motifs is 5. The SMILES string of the molecule is CC.CC(C)CCC[C@@H](C)C1CCC2C3CCC4CC(NCCCCNCC5=CCCC=N5)CCC4(C)C3CCC21C. The van der Waals surface area contributed by atoms with Gasteiger partial charge in [-0.15, -0.1) is 0 Å². The van der Waals surface area contributed by atoms with E-state index in [1.165, 1.54) is 89.3 Å². The van der Waals surface area contributed by atoms with Crippen molar-refractivity contribution in [2.75, 3.05) is 19.6 Å². The molecule has 3 heteroatoms. The maximum Gasteiger partial charge on any atom is 0.0498 e. The fourth-order valence-electron chi connectivity index (χ4n) is 11.0. The van der Waals surface area contributed by atoms with Crippen LogP contribution in [0.25, 0.3) is 0 Å². The van der Waals surface area contributed by atoms with Gasteiger partial charge in [0.05, 0.1) is 0 Å². The fourth-order valence-corrected chi connectivity index (χ4v) is 11.0. The molecule has 5 rings (SSSR count). The van der Waals surface area contributed by atoms with Crippen molar-refractivity contribution in [3.05, 3.63) is 11.8 Å². The second-order valence-electron chi connectivity index (χ2n) is 16.1. The zero-order chi connectivity index (χ0) is 30.2. The van der Waals surface area contributed by atoms with Crippen LogP contribution in [-0.4, -0.2) is 31.9 Å². The lowest BCUT2D eigenvalue weighted by atomic mass is 9.44. The number of rotatable bonds is 13. The second kappa shape index (κ2) is 16.1. The number of nitrogens with zero attached hydrogens (tertiary/aromatic N) is 1. The van der Waals surface area contributed by atoms with Crippen molar-refractivity contribution >= 4 is 6.21 Å². The first-order valence-electron chi connectivity index (χ1n) is 19.0. The highest BCUT2D eigenvalue weighted by Gasteiger charge is 2.60. The van der Waals surface area contributed by atoms with Gasteiger partial charge in [0, 0.05) is 24.5 Å². The topological polar surface area (TPSA) is 36.4 Å². The molecule has 8 unspecified atom stereocenters. The van der Waals surface area contributed by atoms with E-state index < -0.39 is 0 Å². The van der Waals surface area contributed by atoms with E-state index in [0.717, 1.165) is 73.4 Å². The molecule has 1 aliphatic heterocycles. The van der Waals surface area contributed by atoms with Gasteiger partial charge in [-0.25, -0.2) is 0 Å². The van der Waals surface area contributed by atoms with Gasteiger partial charge in [0.25, 0.3) is 0 Å². The lowest BCUT2D eigenvalue weighted by molar-refractivity contribution is -0.118. The number of allylic oxidation sites excluding steroid dienone is 1. The summed E-state index contributed by atoms with van der Waals surface area (Å²) in [6.07, 6.45) is 27.0. The summed E-state index contributed by atoms with van der Waals surface area (Å²) in [6, 6.07) is 0.765. The average molecular weight is 582 g/mol. The zero-order valence-electron chi connectivity index (χ0n) is 29.2. The monoisotopic (exact) mass is 582 g/mol. The molecule has 242 valence electrons. The number of hydrogen-bond acceptors (Lipinski definition) is 3. The van der Waals surface area contributed by atoms with Gasteiger partial charge in [-0.2, -0.15) is 0 Å². The molecule has 4 fully saturated rings. The molecule has 4 saturated carbocycles. The van der Waals surface area contributed by atoms with Crippen molar-refractivity contribution in [1.29, 1.82) is 0 Å². The van der Waals surface area contributed by atoms with E-state index in [2.05, 4.69) is 62.5 Å². The maximum absolute atomic E-state index is 4.49. The average Bonchev–Trinajstić information content (AvgIpc) is 3.35.